The number of aromatic nitrogens is 2. The highest BCUT2D eigenvalue weighted by Gasteiger charge is 2.18. The Balaban J connectivity index is 1.71. The third kappa shape index (κ3) is 2.25. The van der Waals surface area contributed by atoms with E-state index in [1.54, 1.807) is 0 Å². The Morgan fingerprint density at radius 2 is 1.76 bits per heavy atom. The van der Waals surface area contributed by atoms with Gasteiger partial charge in [0.2, 0.25) is 0 Å². The number of hydrogen-bond acceptors (Lipinski definition) is 2. The maximum atomic E-state index is 4.74. The van der Waals surface area contributed by atoms with Gasteiger partial charge in [-0.1, -0.05) is 0 Å². The molecule has 17 heavy (non-hydrogen) atoms. The van der Waals surface area contributed by atoms with Crippen molar-refractivity contribution in [2.24, 2.45) is 0 Å². The molecule has 1 fully saturated rings. The first-order valence-electron chi connectivity index (χ1n) is 7.12. The lowest BCUT2D eigenvalue weighted by molar-refractivity contribution is 0.319. The number of imidazole rings is 1. The molecule has 1 aliphatic heterocycles. The molecule has 1 aromatic rings. The second-order valence-electron chi connectivity index (χ2n) is 5.46. The van der Waals surface area contributed by atoms with E-state index < -0.39 is 0 Å². The standard InChI is InChI=1S/C14H23N3/c1-12-15-13-6-2-3-7-14(13)17(12)11-10-16-8-4-5-9-16/h2-11H2,1H3. The van der Waals surface area contributed by atoms with E-state index in [-0.39, 0.29) is 0 Å². The molecule has 94 valence electrons. The molecule has 3 nitrogen and oxygen atoms in total. The Labute approximate surface area is 104 Å². The van der Waals surface area contributed by atoms with Gasteiger partial charge < -0.3 is 9.47 Å². The molecule has 0 amide bonds. The second kappa shape index (κ2) is 4.81. The Morgan fingerprint density at radius 3 is 2.59 bits per heavy atom. The lowest BCUT2D eigenvalue weighted by atomic mass is 10.0. The van der Waals surface area contributed by atoms with Gasteiger partial charge in [0.05, 0.1) is 5.69 Å². The van der Waals surface area contributed by atoms with E-state index in [1.807, 2.05) is 0 Å². The molecule has 0 unspecified atom stereocenters. The van der Waals surface area contributed by atoms with Gasteiger partial charge in [0.25, 0.3) is 0 Å². The molecule has 3 heteroatoms. The molecule has 2 heterocycles. The zero-order valence-corrected chi connectivity index (χ0v) is 10.9. The van der Waals surface area contributed by atoms with Gasteiger partial charge in [-0.15, -0.1) is 0 Å². The van der Waals surface area contributed by atoms with Crippen molar-refractivity contribution >= 4 is 0 Å². The minimum absolute atomic E-state index is 1.15. The van der Waals surface area contributed by atoms with E-state index in [9.17, 15) is 0 Å². The number of likely N-dealkylation sites (tertiary alicyclic amines) is 1. The Hall–Kier alpha value is -0.830. The highest BCUT2D eigenvalue weighted by Crippen LogP contribution is 2.22. The average Bonchev–Trinajstić information content (AvgIpc) is 2.93. The molecule has 0 N–H and O–H groups in total. The lowest BCUT2D eigenvalue weighted by Gasteiger charge is -2.18. The first kappa shape index (κ1) is 11.3. The molecule has 1 aromatic heterocycles. The smallest absolute Gasteiger partial charge is 0.106 e. The first-order valence-corrected chi connectivity index (χ1v) is 7.12. The van der Waals surface area contributed by atoms with Gasteiger partial charge in [-0.3, -0.25) is 0 Å². The summed E-state index contributed by atoms with van der Waals surface area (Å²) in [6.07, 6.45) is 7.91. The Bertz CT molecular complexity index is 388. The molecule has 0 atom stereocenters. The summed E-state index contributed by atoms with van der Waals surface area (Å²) in [5.41, 5.74) is 2.92. The van der Waals surface area contributed by atoms with Crippen LogP contribution in [0.1, 0.15) is 42.9 Å². The van der Waals surface area contributed by atoms with Crippen molar-refractivity contribution in [1.29, 1.82) is 0 Å². The van der Waals surface area contributed by atoms with Crippen molar-refractivity contribution in [2.45, 2.75) is 52.0 Å². The van der Waals surface area contributed by atoms with Gasteiger partial charge in [-0.05, 0) is 58.5 Å². The number of rotatable bonds is 3. The van der Waals surface area contributed by atoms with Crippen LogP contribution in [0.2, 0.25) is 0 Å². The summed E-state index contributed by atoms with van der Waals surface area (Å²) in [5.74, 6) is 1.23. The van der Waals surface area contributed by atoms with E-state index in [1.165, 1.54) is 75.4 Å². The topological polar surface area (TPSA) is 21.1 Å². The van der Waals surface area contributed by atoms with Crippen LogP contribution in [0, 0.1) is 6.92 Å². The fourth-order valence-corrected chi connectivity index (χ4v) is 3.28. The van der Waals surface area contributed by atoms with E-state index in [2.05, 4.69) is 16.4 Å². The molecular weight excluding hydrogens is 210 g/mol. The third-order valence-corrected chi connectivity index (χ3v) is 4.26. The van der Waals surface area contributed by atoms with Crippen molar-refractivity contribution < 1.29 is 0 Å². The van der Waals surface area contributed by atoms with Crippen LogP contribution in [0.15, 0.2) is 0 Å². The van der Waals surface area contributed by atoms with Crippen LogP contribution in [0.5, 0.6) is 0 Å². The number of nitrogens with zero attached hydrogens (tertiary/aromatic N) is 3. The SMILES string of the molecule is Cc1nc2c(n1CCN1CCCC1)CCCC2. The van der Waals surface area contributed by atoms with Crippen LogP contribution in [-0.2, 0) is 19.4 Å². The molecule has 2 aliphatic rings. The van der Waals surface area contributed by atoms with Crippen LogP contribution >= 0.6 is 0 Å². The number of fused-ring (bicyclic) bond motifs is 1. The van der Waals surface area contributed by atoms with Crippen molar-refractivity contribution in [1.82, 2.24) is 14.5 Å². The van der Waals surface area contributed by atoms with Gasteiger partial charge in [0.15, 0.2) is 0 Å². The van der Waals surface area contributed by atoms with Crippen LogP contribution in [0.4, 0.5) is 0 Å². The van der Waals surface area contributed by atoms with E-state index in [0.717, 1.165) is 6.54 Å². The predicted octanol–water partition coefficient (Wildman–Crippen LogP) is 2.17. The van der Waals surface area contributed by atoms with Crippen molar-refractivity contribution in [3.63, 3.8) is 0 Å². The van der Waals surface area contributed by atoms with Gasteiger partial charge >= 0.3 is 0 Å². The van der Waals surface area contributed by atoms with Gasteiger partial charge in [0, 0.05) is 18.8 Å². The van der Waals surface area contributed by atoms with Gasteiger partial charge in [-0.2, -0.15) is 0 Å². The van der Waals surface area contributed by atoms with Crippen molar-refractivity contribution in [2.75, 3.05) is 19.6 Å². The zero-order valence-electron chi connectivity index (χ0n) is 10.9. The largest absolute Gasteiger partial charge is 0.331 e. The first-order chi connectivity index (χ1) is 8.34. The molecule has 3 rings (SSSR count). The van der Waals surface area contributed by atoms with Crippen LogP contribution in [0.3, 0.4) is 0 Å². The Kier molecular flexibility index (Phi) is 3.19. The van der Waals surface area contributed by atoms with E-state index >= 15 is 0 Å². The van der Waals surface area contributed by atoms with E-state index in [0.29, 0.717) is 0 Å². The van der Waals surface area contributed by atoms with Gasteiger partial charge in [0.1, 0.15) is 5.82 Å². The average molecular weight is 233 g/mol. The maximum Gasteiger partial charge on any atom is 0.106 e. The lowest BCUT2D eigenvalue weighted by Crippen LogP contribution is -2.25. The Morgan fingerprint density at radius 1 is 1.00 bits per heavy atom. The van der Waals surface area contributed by atoms with Crippen LogP contribution in [0.25, 0.3) is 0 Å². The summed E-state index contributed by atoms with van der Waals surface area (Å²) in [5, 5.41) is 0. The summed E-state index contributed by atoms with van der Waals surface area (Å²) in [4.78, 5) is 7.33. The number of hydrogen-bond donors (Lipinski definition) is 0. The van der Waals surface area contributed by atoms with Crippen LogP contribution in [-0.4, -0.2) is 34.1 Å². The molecule has 1 aliphatic carbocycles. The quantitative estimate of drug-likeness (QED) is 0.798. The minimum Gasteiger partial charge on any atom is -0.331 e. The minimum atomic E-state index is 1.15. The molecule has 0 saturated carbocycles. The van der Waals surface area contributed by atoms with Crippen molar-refractivity contribution in [3.05, 3.63) is 17.2 Å². The van der Waals surface area contributed by atoms with E-state index in [4.69, 9.17) is 4.98 Å². The highest BCUT2D eigenvalue weighted by atomic mass is 15.2. The van der Waals surface area contributed by atoms with Crippen molar-refractivity contribution in [3.8, 4) is 0 Å². The second-order valence-corrected chi connectivity index (χ2v) is 5.46. The third-order valence-electron chi connectivity index (χ3n) is 4.26. The molecule has 0 radical (unpaired) electrons. The fraction of sp³-hybridized carbons (Fsp3) is 0.786. The fourth-order valence-electron chi connectivity index (χ4n) is 3.28. The summed E-state index contributed by atoms with van der Waals surface area (Å²) >= 11 is 0. The molecule has 0 spiro atoms. The predicted molar refractivity (Wildman–Crippen MR) is 69.3 cm³/mol. The summed E-state index contributed by atoms with van der Waals surface area (Å²) in [7, 11) is 0. The molecule has 0 bridgehead atoms. The number of aryl methyl sites for hydroxylation is 2. The highest BCUT2D eigenvalue weighted by molar-refractivity contribution is 5.19. The summed E-state index contributed by atoms with van der Waals surface area (Å²) in [6, 6.07) is 0. The monoisotopic (exact) mass is 233 g/mol. The van der Waals surface area contributed by atoms with Crippen LogP contribution < -0.4 is 0 Å². The molecular formula is C14H23N3. The van der Waals surface area contributed by atoms with Gasteiger partial charge in [-0.25, -0.2) is 4.98 Å². The molecule has 0 aromatic carbocycles. The maximum absolute atomic E-state index is 4.74. The summed E-state index contributed by atoms with van der Waals surface area (Å²) < 4.78 is 2.48. The zero-order chi connectivity index (χ0) is 11.7. The normalized spacial score (nSPS) is 20.8. The summed E-state index contributed by atoms with van der Waals surface area (Å²) in [6.45, 7) is 7.13. The molecule has 1 saturated heterocycles.